The molecule has 0 aliphatic rings. The molecular formula is C15H12ClF2NO2. The van der Waals surface area contributed by atoms with Gasteiger partial charge in [-0.25, -0.2) is 18.6 Å². The van der Waals surface area contributed by atoms with Crippen LogP contribution < -0.4 is 0 Å². The molecule has 0 fully saturated rings. The molecule has 3 nitrogen and oxygen atoms in total. The molecule has 0 bridgehead atoms. The monoisotopic (exact) mass is 311 g/mol. The smallest absolute Gasteiger partial charge is 0.357 e. The quantitative estimate of drug-likeness (QED) is 0.796. The first-order chi connectivity index (χ1) is 9.88. The van der Waals surface area contributed by atoms with Crippen LogP contribution in [0.5, 0.6) is 0 Å². The summed E-state index contributed by atoms with van der Waals surface area (Å²) >= 11 is 5.75. The van der Waals surface area contributed by atoms with Crippen LogP contribution in [-0.2, 0) is 4.74 Å². The largest absolute Gasteiger partial charge is 0.458 e. The van der Waals surface area contributed by atoms with Crippen molar-refractivity contribution in [1.29, 1.82) is 0 Å². The number of carbonyl (C=O) groups is 1. The van der Waals surface area contributed by atoms with E-state index < -0.39 is 17.6 Å². The van der Waals surface area contributed by atoms with Gasteiger partial charge in [-0.3, -0.25) is 0 Å². The molecule has 0 N–H and O–H groups in total. The second-order valence-corrected chi connectivity index (χ2v) is 5.05. The minimum Gasteiger partial charge on any atom is -0.458 e. The van der Waals surface area contributed by atoms with Crippen LogP contribution in [0.15, 0.2) is 30.3 Å². The molecule has 0 unspecified atom stereocenters. The first-order valence-electron chi connectivity index (χ1n) is 6.21. The number of halogens is 3. The topological polar surface area (TPSA) is 39.2 Å². The van der Waals surface area contributed by atoms with Crippen LogP contribution in [0.1, 0.15) is 24.3 Å². The number of benzene rings is 1. The second-order valence-electron chi connectivity index (χ2n) is 4.61. The summed E-state index contributed by atoms with van der Waals surface area (Å²) in [5, 5.41) is 0.454. The number of rotatable bonds is 3. The molecule has 0 radical (unpaired) electrons. The lowest BCUT2D eigenvalue weighted by Gasteiger charge is -2.10. The Morgan fingerprint density at radius 3 is 2.43 bits per heavy atom. The molecule has 1 aromatic heterocycles. The molecule has 0 atom stereocenters. The van der Waals surface area contributed by atoms with Crippen molar-refractivity contribution in [1.82, 2.24) is 4.98 Å². The van der Waals surface area contributed by atoms with Gasteiger partial charge in [0, 0.05) is 16.7 Å². The van der Waals surface area contributed by atoms with E-state index in [1.165, 1.54) is 24.3 Å². The molecule has 110 valence electrons. The fourth-order valence-corrected chi connectivity index (χ4v) is 1.80. The average Bonchev–Trinajstić information content (AvgIpc) is 2.42. The number of hydrogen-bond acceptors (Lipinski definition) is 3. The normalized spacial score (nSPS) is 10.8. The van der Waals surface area contributed by atoms with Crippen molar-refractivity contribution in [3.63, 3.8) is 0 Å². The molecule has 0 aliphatic carbocycles. The number of ether oxygens (including phenoxy) is 1. The Morgan fingerprint density at radius 2 is 1.86 bits per heavy atom. The van der Waals surface area contributed by atoms with Gasteiger partial charge in [0.05, 0.1) is 6.10 Å². The van der Waals surface area contributed by atoms with E-state index in [1.54, 1.807) is 13.8 Å². The van der Waals surface area contributed by atoms with E-state index in [4.69, 9.17) is 16.3 Å². The summed E-state index contributed by atoms with van der Waals surface area (Å²) in [6.07, 6.45) is -0.383. The van der Waals surface area contributed by atoms with E-state index in [0.717, 1.165) is 6.07 Å². The third kappa shape index (κ3) is 3.55. The lowest BCUT2D eigenvalue weighted by Crippen LogP contribution is -2.14. The van der Waals surface area contributed by atoms with Gasteiger partial charge in [0.25, 0.3) is 0 Å². The van der Waals surface area contributed by atoms with E-state index in [9.17, 15) is 13.6 Å². The summed E-state index contributed by atoms with van der Waals surface area (Å²) < 4.78 is 32.5. The Kier molecular flexibility index (Phi) is 4.53. The molecular weight excluding hydrogens is 300 g/mol. The summed E-state index contributed by atoms with van der Waals surface area (Å²) in [6, 6.07) is 6.75. The molecule has 21 heavy (non-hydrogen) atoms. The maximum atomic E-state index is 13.9. The van der Waals surface area contributed by atoms with Crippen molar-refractivity contribution in [2.24, 2.45) is 0 Å². The van der Waals surface area contributed by atoms with Crippen molar-refractivity contribution in [2.75, 3.05) is 0 Å². The third-order valence-corrected chi connectivity index (χ3v) is 2.83. The molecule has 1 aromatic carbocycles. The van der Waals surface area contributed by atoms with Gasteiger partial charge in [0.2, 0.25) is 0 Å². The first kappa shape index (κ1) is 15.4. The first-order valence-corrected chi connectivity index (χ1v) is 6.59. The molecule has 2 aromatic rings. The molecule has 0 aliphatic heterocycles. The van der Waals surface area contributed by atoms with Crippen molar-refractivity contribution in [3.8, 4) is 11.3 Å². The van der Waals surface area contributed by atoms with Crippen LogP contribution in [0.25, 0.3) is 11.3 Å². The van der Waals surface area contributed by atoms with Crippen molar-refractivity contribution in [2.45, 2.75) is 20.0 Å². The summed E-state index contributed by atoms with van der Waals surface area (Å²) in [6.45, 7) is 3.30. The third-order valence-electron chi connectivity index (χ3n) is 2.58. The average molecular weight is 312 g/mol. The van der Waals surface area contributed by atoms with Gasteiger partial charge in [-0.05, 0) is 26.0 Å². The molecule has 0 amide bonds. The predicted octanol–water partition coefficient (Wildman–Crippen LogP) is 4.25. The maximum Gasteiger partial charge on any atom is 0.357 e. The number of aromatic nitrogens is 1. The van der Waals surface area contributed by atoms with Gasteiger partial charge in [0.1, 0.15) is 5.69 Å². The van der Waals surface area contributed by atoms with Gasteiger partial charge in [-0.1, -0.05) is 23.7 Å². The van der Waals surface area contributed by atoms with Crippen LogP contribution in [0.2, 0.25) is 5.02 Å². The minimum atomic E-state index is -1.16. The lowest BCUT2D eigenvalue weighted by atomic mass is 10.1. The number of esters is 1. The fraction of sp³-hybridized carbons (Fsp3) is 0.200. The van der Waals surface area contributed by atoms with Crippen LogP contribution in [0.4, 0.5) is 8.78 Å². The van der Waals surface area contributed by atoms with E-state index in [-0.39, 0.29) is 17.5 Å². The number of hydrogen-bond donors (Lipinski definition) is 0. The Labute approximate surface area is 125 Å². The highest BCUT2D eigenvalue weighted by Crippen LogP contribution is 2.25. The van der Waals surface area contributed by atoms with Crippen LogP contribution in [0.3, 0.4) is 0 Å². The van der Waals surface area contributed by atoms with Crippen molar-refractivity contribution in [3.05, 3.63) is 52.7 Å². The summed E-state index contributed by atoms with van der Waals surface area (Å²) in [5.41, 5.74) is -0.232. The Balaban J connectivity index is 2.48. The molecule has 2 rings (SSSR count). The highest BCUT2D eigenvalue weighted by atomic mass is 35.5. The molecule has 0 saturated heterocycles. The zero-order valence-corrected chi connectivity index (χ0v) is 12.1. The Bertz CT molecular complexity index is 672. The highest BCUT2D eigenvalue weighted by molar-refractivity contribution is 6.30. The van der Waals surface area contributed by atoms with Crippen molar-refractivity contribution < 1.29 is 18.3 Å². The summed E-state index contributed by atoms with van der Waals surface area (Å²) in [7, 11) is 0. The van der Waals surface area contributed by atoms with Gasteiger partial charge < -0.3 is 4.74 Å². The second kappa shape index (κ2) is 6.18. The van der Waals surface area contributed by atoms with Crippen LogP contribution in [-0.4, -0.2) is 17.1 Å². The molecule has 0 spiro atoms. The number of pyridine rings is 1. The standard InChI is InChI=1S/C15H12ClF2NO2/c1-8(2)21-15(20)12-7-11(17)13(18)14(19-12)9-3-5-10(16)6-4-9/h3-8H,1-2H3. The van der Waals surface area contributed by atoms with Crippen LogP contribution in [0, 0.1) is 11.6 Å². The zero-order chi connectivity index (χ0) is 15.6. The number of nitrogens with zero attached hydrogens (tertiary/aromatic N) is 1. The fourth-order valence-electron chi connectivity index (χ4n) is 1.68. The number of carbonyl (C=O) groups excluding carboxylic acids is 1. The maximum absolute atomic E-state index is 13.9. The molecule has 0 saturated carbocycles. The highest BCUT2D eigenvalue weighted by Gasteiger charge is 2.19. The molecule has 1 heterocycles. The Hall–Kier alpha value is -2.01. The van der Waals surface area contributed by atoms with Gasteiger partial charge in [-0.15, -0.1) is 0 Å². The van der Waals surface area contributed by atoms with E-state index in [0.29, 0.717) is 10.6 Å². The minimum absolute atomic E-state index is 0.262. The predicted molar refractivity (Wildman–Crippen MR) is 75.2 cm³/mol. The zero-order valence-electron chi connectivity index (χ0n) is 11.4. The van der Waals surface area contributed by atoms with Crippen LogP contribution >= 0.6 is 11.6 Å². The summed E-state index contributed by atoms with van der Waals surface area (Å²) in [5.74, 6) is -3.09. The van der Waals surface area contributed by atoms with E-state index in [2.05, 4.69) is 4.98 Å². The lowest BCUT2D eigenvalue weighted by molar-refractivity contribution is 0.0370. The summed E-state index contributed by atoms with van der Waals surface area (Å²) in [4.78, 5) is 15.6. The molecule has 6 heteroatoms. The van der Waals surface area contributed by atoms with Gasteiger partial charge in [-0.2, -0.15) is 0 Å². The van der Waals surface area contributed by atoms with Gasteiger partial charge in [0.15, 0.2) is 17.3 Å². The van der Waals surface area contributed by atoms with Gasteiger partial charge >= 0.3 is 5.97 Å². The van der Waals surface area contributed by atoms with E-state index >= 15 is 0 Å². The SMILES string of the molecule is CC(C)OC(=O)c1cc(F)c(F)c(-c2ccc(Cl)cc2)n1. The van der Waals surface area contributed by atoms with Crippen molar-refractivity contribution >= 4 is 17.6 Å². The van der Waals surface area contributed by atoms with E-state index in [1.807, 2.05) is 0 Å². The Morgan fingerprint density at radius 1 is 1.24 bits per heavy atom.